The summed E-state index contributed by atoms with van der Waals surface area (Å²) in [5.74, 6) is 1.61. The first-order chi connectivity index (χ1) is 18.4. The van der Waals surface area contributed by atoms with Gasteiger partial charge in [0.15, 0.2) is 0 Å². The summed E-state index contributed by atoms with van der Waals surface area (Å²) in [6, 6.07) is 0. The summed E-state index contributed by atoms with van der Waals surface area (Å²) in [6.45, 7) is 9.93. The van der Waals surface area contributed by atoms with Gasteiger partial charge in [-0.1, -0.05) is 118 Å². The Morgan fingerprint density at radius 3 is 1.26 bits per heavy atom. The molecule has 0 aromatic heterocycles. The van der Waals surface area contributed by atoms with E-state index in [2.05, 4.69) is 27.7 Å². The van der Waals surface area contributed by atoms with E-state index in [1.54, 1.807) is 0 Å². The van der Waals surface area contributed by atoms with E-state index in [0.717, 1.165) is 56.8 Å². The summed E-state index contributed by atoms with van der Waals surface area (Å²) in [4.78, 5) is 24.1. The van der Waals surface area contributed by atoms with E-state index >= 15 is 0 Å². The van der Waals surface area contributed by atoms with Crippen LogP contribution in [0.4, 0.5) is 9.59 Å². The predicted octanol–water partition coefficient (Wildman–Crippen LogP) is 10.2. The van der Waals surface area contributed by atoms with Crippen LogP contribution in [-0.2, 0) is 18.9 Å². The summed E-state index contributed by atoms with van der Waals surface area (Å²) in [6.07, 6.45) is 20.6. The van der Waals surface area contributed by atoms with Gasteiger partial charge in [0.2, 0.25) is 0 Å². The van der Waals surface area contributed by atoms with Gasteiger partial charge < -0.3 is 18.9 Å². The van der Waals surface area contributed by atoms with Crippen molar-refractivity contribution < 1.29 is 28.5 Å². The van der Waals surface area contributed by atoms with E-state index in [9.17, 15) is 9.59 Å². The molecule has 6 heteroatoms. The molecule has 0 aromatic carbocycles. The molecule has 0 N–H and O–H groups in total. The second-order valence-electron chi connectivity index (χ2n) is 12.2. The molecule has 1 aliphatic rings. The zero-order valence-electron chi connectivity index (χ0n) is 25.3. The van der Waals surface area contributed by atoms with Gasteiger partial charge in [-0.2, -0.15) is 0 Å². The van der Waals surface area contributed by atoms with Gasteiger partial charge in [-0.25, -0.2) is 9.59 Å². The molecule has 0 saturated heterocycles. The number of carbonyl (C=O) groups is 2. The van der Waals surface area contributed by atoms with Gasteiger partial charge in [0.25, 0.3) is 0 Å². The van der Waals surface area contributed by atoms with E-state index in [-0.39, 0.29) is 12.2 Å². The fourth-order valence-corrected chi connectivity index (χ4v) is 5.04. The molecule has 1 rings (SSSR count). The highest BCUT2D eigenvalue weighted by atomic mass is 16.7. The average molecular weight is 541 g/mol. The third-order valence-electron chi connectivity index (χ3n) is 7.40. The Hall–Kier alpha value is -1.46. The van der Waals surface area contributed by atoms with Crippen LogP contribution < -0.4 is 0 Å². The van der Waals surface area contributed by atoms with Crippen molar-refractivity contribution in [1.29, 1.82) is 0 Å². The van der Waals surface area contributed by atoms with Crippen molar-refractivity contribution in [2.24, 2.45) is 11.8 Å². The van der Waals surface area contributed by atoms with Gasteiger partial charge >= 0.3 is 12.3 Å². The highest BCUT2D eigenvalue weighted by Gasteiger charge is 2.28. The van der Waals surface area contributed by atoms with E-state index in [4.69, 9.17) is 18.9 Å². The topological polar surface area (TPSA) is 71.1 Å². The van der Waals surface area contributed by atoms with Crippen molar-refractivity contribution in [3.63, 3.8) is 0 Å². The molecule has 0 bridgehead atoms. The number of carbonyl (C=O) groups excluding carboxylic acids is 2. The summed E-state index contributed by atoms with van der Waals surface area (Å²) in [7, 11) is 0. The summed E-state index contributed by atoms with van der Waals surface area (Å²) < 4.78 is 21.5. The number of hydrogen-bond donors (Lipinski definition) is 0. The van der Waals surface area contributed by atoms with Crippen LogP contribution >= 0.6 is 0 Å². The fourth-order valence-electron chi connectivity index (χ4n) is 5.04. The molecule has 1 fully saturated rings. The maximum Gasteiger partial charge on any atom is 0.508 e. The quantitative estimate of drug-likeness (QED) is 0.100. The minimum absolute atomic E-state index is 0.263. The molecule has 224 valence electrons. The van der Waals surface area contributed by atoms with Crippen molar-refractivity contribution in [1.82, 2.24) is 0 Å². The first-order valence-corrected chi connectivity index (χ1v) is 16.0. The molecule has 6 nitrogen and oxygen atoms in total. The second-order valence-corrected chi connectivity index (χ2v) is 12.2. The van der Waals surface area contributed by atoms with Crippen LogP contribution in [0.1, 0.15) is 156 Å². The third-order valence-corrected chi connectivity index (χ3v) is 7.40. The first kappa shape index (κ1) is 34.6. The Kier molecular flexibility index (Phi) is 21.3. The van der Waals surface area contributed by atoms with Crippen LogP contribution in [0.3, 0.4) is 0 Å². The molecule has 1 aliphatic carbocycles. The molecule has 0 aliphatic heterocycles. The molecule has 38 heavy (non-hydrogen) atoms. The van der Waals surface area contributed by atoms with Gasteiger partial charge in [0.05, 0.1) is 13.2 Å². The molecule has 0 aromatic rings. The first-order valence-electron chi connectivity index (χ1n) is 16.0. The maximum absolute atomic E-state index is 12.1. The Morgan fingerprint density at radius 1 is 0.553 bits per heavy atom. The van der Waals surface area contributed by atoms with Gasteiger partial charge in [-0.15, -0.1) is 0 Å². The standard InChI is InChI=1S/C32H60O6/c1-27(2)20-15-11-7-5-9-13-17-24-35-31(33)37-29-22-19-23-30(26-29)38-32(34)36-25-18-14-10-6-8-12-16-21-28(3)4/h27-30H,5-26H2,1-4H3. The van der Waals surface area contributed by atoms with Gasteiger partial charge in [0.1, 0.15) is 12.2 Å². The zero-order valence-corrected chi connectivity index (χ0v) is 25.3. The van der Waals surface area contributed by atoms with Gasteiger partial charge in [-0.05, 0) is 43.9 Å². The second kappa shape index (κ2) is 23.4. The Labute approximate surface area is 234 Å². The highest BCUT2D eigenvalue weighted by molar-refractivity contribution is 5.60. The van der Waals surface area contributed by atoms with E-state index < -0.39 is 12.3 Å². The van der Waals surface area contributed by atoms with Crippen LogP contribution in [0.5, 0.6) is 0 Å². The molecule has 0 amide bonds. The van der Waals surface area contributed by atoms with Crippen LogP contribution in [0.2, 0.25) is 0 Å². The Balaban J connectivity index is 1.98. The minimum Gasteiger partial charge on any atom is -0.434 e. The average Bonchev–Trinajstić information content (AvgIpc) is 2.86. The Bertz CT molecular complexity index is 528. The molecule has 0 radical (unpaired) electrons. The van der Waals surface area contributed by atoms with Gasteiger partial charge in [0, 0.05) is 6.42 Å². The molecular formula is C32H60O6. The smallest absolute Gasteiger partial charge is 0.434 e. The lowest BCUT2D eigenvalue weighted by Crippen LogP contribution is -2.32. The molecular weight excluding hydrogens is 480 g/mol. The van der Waals surface area contributed by atoms with Crippen LogP contribution in [-0.4, -0.2) is 37.7 Å². The lowest BCUT2D eigenvalue weighted by Gasteiger charge is -2.28. The lowest BCUT2D eigenvalue weighted by molar-refractivity contribution is -0.0350. The summed E-state index contributed by atoms with van der Waals surface area (Å²) in [5.41, 5.74) is 0. The fraction of sp³-hybridized carbons (Fsp3) is 0.938. The maximum atomic E-state index is 12.1. The molecule has 0 heterocycles. The third kappa shape index (κ3) is 21.5. The van der Waals surface area contributed by atoms with Crippen molar-refractivity contribution in [3.8, 4) is 0 Å². The predicted molar refractivity (Wildman–Crippen MR) is 154 cm³/mol. The molecule has 0 spiro atoms. The zero-order chi connectivity index (χ0) is 27.8. The van der Waals surface area contributed by atoms with Crippen molar-refractivity contribution >= 4 is 12.3 Å². The number of hydrogen-bond acceptors (Lipinski definition) is 6. The van der Waals surface area contributed by atoms with Crippen molar-refractivity contribution in [3.05, 3.63) is 0 Å². The van der Waals surface area contributed by atoms with E-state index in [0.29, 0.717) is 19.6 Å². The Morgan fingerprint density at radius 2 is 0.895 bits per heavy atom. The monoisotopic (exact) mass is 540 g/mol. The van der Waals surface area contributed by atoms with Crippen LogP contribution in [0.25, 0.3) is 0 Å². The SMILES string of the molecule is CC(C)CCCCCCCCCOC(=O)OC1CCCC(OC(=O)OCCCCCCCCCC(C)C)C1. The largest absolute Gasteiger partial charge is 0.508 e. The van der Waals surface area contributed by atoms with Gasteiger partial charge in [-0.3, -0.25) is 0 Å². The van der Waals surface area contributed by atoms with Crippen molar-refractivity contribution in [2.75, 3.05) is 13.2 Å². The summed E-state index contributed by atoms with van der Waals surface area (Å²) in [5, 5.41) is 0. The molecule has 2 atom stereocenters. The lowest BCUT2D eigenvalue weighted by atomic mass is 9.95. The van der Waals surface area contributed by atoms with Crippen molar-refractivity contribution in [2.45, 2.75) is 168 Å². The number of unbranched alkanes of at least 4 members (excludes halogenated alkanes) is 12. The highest BCUT2D eigenvalue weighted by Crippen LogP contribution is 2.24. The van der Waals surface area contributed by atoms with Crippen LogP contribution in [0, 0.1) is 11.8 Å². The molecule has 2 unspecified atom stereocenters. The number of ether oxygens (including phenoxy) is 4. The number of rotatable bonds is 22. The normalized spacial score (nSPS) is 17.5. The van der Waals surface area contributed by atoms with E-state index in [1.165, 1.54) is 77.0 Å². The minimum atomic E-state index is -0.605. The summed E-state index contributed by atoms with van der Waals surface area (Å²) >= 11 is 0. The van der Waals surface area contributed by atoms with Crippen LogP contribution in [0.15, 0.2) is 0 Å². The molecule has 1 saturated carbocycles. The van der Waals surface area contributed by atoms with E-state index in [1.807, 2.05) is 0 Å².